The second-order valence-corrected chi connectivity index (χ2v) is 8.63. The van der Waals surface area contributed by atoms with E-state index in [1.165, 1.54) is 0 Å². The molecule has 0 saturated carbocycles. The topological polar surface area (TPSA) is 74.3 Å². The Balaban J connectivity index is 0.000000177. The Bertz CT molecular complexity index is 1540. The molecular formula is C31H26IrN7. The van der Waals surface area contributed by atoms with Crippen LogP contribution in [0.25, 0.3) is 33.8 Å². The Kier molecular flexibility index (Phi) is 8.92. The zero-order chi connectivity index (χ0) is 26.5. The molecule has 0 aliphatic carbocycles. The van der Waals surface area contributed by atoms with Crippen molar-refractivity contribution in [3.63, 3.8) is 0 Å². The maximum atomic E-state index is 4.37. The molecule has 39 heavy (non-hydrogen) atoms. The summed E-state index contributed by atoms with van der Waals surface area (Å²) in [5.41, 5.74) is 5.72. The molecule has 0 amide bonds. The van der Waals surface area contributed by atoms with Gasteiger partial charge in [0.25, 0.3) is 0 Å². The van der Waals surface area contributed by atoms with Gasteiger partial charge >= 0.3 is 20.1 Å². The Morgan fingerprint density at radius 3 is 1.72 bits per heavy atom. The molecule has 0 atom stereocenters. The van der Waals surface area contributed by atoms with E-state index in [1.54, 1.807) is 15.6 Å². The molecule has 0 aliphatic heterocycles. The van der Waals surface area contributed by atoms with Crippen molar-refractivity contribution in [3.8, 4) is 33.8 Å². The predicted octanol–water partition coefficient (Wildman–Crippen LogP) is 5.90. The summed E-state index contributed by atoms with van der Waals surface area (Å²) >= 11 is 0. The number of nitrogens with zero attached hydrogens (tertiary/aromatic N) is 7. The summed E-state index contributed by atoms with van der Waals surface area (Å²) in [5.74, 6) is 3.16. The molecule has 3 aromatic carbocycles. The van der Waals surface area contributed by atoms with E-state index in [2.05, 4.69) is 43.3 Å². The third-order valence-electron chi connectivity index (χ3n) is 5.71. The first kappa shape index (κ1) is 27.8. The van der Waals surface area contributed by atoms with Gasteiger partial charge < -0.3 is 0 Å². The van der Waals surface area contributed by atoms with Gasteiger partial charge in [-0.15, -0.1) is 42.0 Å². The molecule has 0 bridgehead atoms. The molecule has 0 saturated heterocycles. The second-order valence-electron chi connectivity index (χ2n) is 8.63. The van der Waals surface area contributed by atoms with Crippen LogP contribution in [0.4, 0.5) is 0 Å². The number of rotatable bonds is 4. The zero-order valence-electron chi connectivity index (χ0n) is 22.0. The van der Waals surface area contributed by atoms with Gasteiger partial charge in [0, 0.05) is 11.9 Å². The first-order chi connectivity index (χ1) is 18.5. The molecule has 0 fully saturated rings. The molecule has 0 aliphatic rings. The van der Waals surface area contributed by atoms with Crippen LogP contribution in [-0.2, 0) is 20.1 Å². The number of aromatic nitrogens is 7. The minimum absolute atomic E-state index is 0. The average molecular weight is 689 g/mol. The van der Waals surface area contributed by atoms with Crippen molar-refractivity contribution in [2.45, 2.75) is 27.7 Å². The van der Waals surface area contributed by atoms with Crippen LogP contribution in [0.3, 0.4) is 0 Å². The fraction of sp³-hybridized carbons (Fsp3) is 0.129. The Morgan fingerprint density at radius 1 is 0.590 bits per heavy atom. The largest absolute Gasteiger partial charge is 3.00 e. The molecular weight excluding hydrogens is 663 g/mol. The summed E-state index contributed by atoms with van der Waals surface area (Å²) in [6.45, 7) is 7.59. The van der Waals surface area contributed by atoms with Crippen LogP contribution in [0.15, 0.2) is 85.1 Å². The van der Waals surface area contributed by atoms with Gasteiger partial charge in [-0.3, -0.25) is 4.98 Å². The van der Waals surface area contributed by atoms with Crippen molar-refractivity contribution in [3.05, 3.63) is 127 Å². The molecule has 0 radical (unpaired) electrons. The van der Waals surface area contributed by atoms with E-state index >= 15 is 0 Å². The molecule has 6 aromatic rings. The molecule has 0 unspecified atom stereocenters. The van der Waals surface area contributed by atoms with E-state index in [0.717, 1.165) is 57.1 Å². The zero-order valence-corrected chi connectivity index (χ0v) is 24.4. The second kappa shape index (κ2) is 12.5. The van der Waals surface area contributed by atoms with Crippen molar-refractivity contribution < 1.29 is 20.1 Å². The SMILES string of the molecule is Cc1nc(C)n(-c2[c-]c(-n3nc(C)nc3C)ccc2)n1.[Ir+3].[c-]1ccccc1-c1[c-]c(-c2ccccn2)ccc1. The monoisotopic (exact) mass is 689 g/mol. The maximum absolute atomic E-state index is 4.37. The Labute approximate surface area is 242 Å². The van der Waals surface area contributed by atoms with E-state index in [9.17, 15) is 0 Å². The third-order valence-corrected chi connectivity index (χ3v) is 5.71. The molecule has 7 nitrogen and oxygen atoms in total. The fourth-order valence-electron chi connectivity index (χ4n) is 4.05. The number of benzene rings is 3. The molecule has 0 N–H and O–H groups in total. The van der Waals surface area contributed by atoms with E-state index < -0.39 is 0 Å². The van der Waals surface area contributed by atoms with Crippen LogP contribution in [0.5, 0.6) is 0 Å². The molecule has 8 heteroatoms. The van der Waals surface area contributed by atoms with Crippen LogP contribution in [-0.4, -0.2) is 34.5 Å². The summed E-state index contributed by atoms with van der Waals surface area (Å²) < 4.78 is 3.55. The summed E-state index contributed by atoms with van der Waals surface area (Å²) in [6, 6.07) is 35.6. The van der Waals surface area contributed by atoms with Crippen LogP contribution in [0.1, 0.15) is 23.3 Å². The first-order valence-corrected chi connectivity index (χ1v) is 12.2. The van der Waals surface area contributed by atoms with Crippen LogP contribution in [0, 0.1) is 45.9 Å². The van der Waals surface area contributed by atoms with E-state index in [4.69, 9.17) is 0 Å². The quantitative estimate of drug-likeness (QED) is 0.216. The normalized spacial score (nSPS) is 10.4. The third kappa shape index (κ3) is 6.60. The molecule has 3 heterocycles. The Hall–Kier alpha value is -4.26. The minimum atomic E-state index is 0. The molecule has 3 aromatic heterocycles. The first-order valence-electron chi connectivity index (χ1n) is 12.2. The van der Waals surface area contributed by atoms with Gasteiger partial charge in [0.15, 0.2) is 0 Å². The summed E-state index contributed by atoms with van der Waals surface area (Å²) in [6.07, 6.45) is 1.80. The smallest absolute Gasteiger partial charge is 0.295 e. The van der Waals surface area contributed by atoms with Gasteiger partial charge in [-0.2, -0.15) is 58.2 Å². The van der Waals surface area contributed by atoms with Crippen molar-refractivity contribution in [1.29, 1.82) is 0 Å². The van der Waals surface area contributed by atoms with Crippen LogP contribution in [0.2, 0.25) is 0 Å². The predicted molar refractivity (Wildman–Crippen MR) is 147 cm³/mol. The van der Waals surface area contributed by atoms with Crippen LogP contribution < -0.4 is 0 Å². The summed E-state index contributed by atoms with van der Waals surface area (Å²) in [5, 5.41) is 8.74. The summed E-state index contributed by atoms with van der Waals surface area (Å²) in [4.78, 5) is 13.0. The standard InChI is InChI=1S/C17H11N.C14H15N6.Ir/c1-2-7-14(8-3-1)15-9-6-10-16(13-15)17-11-4-5-12-18-17;1-9-15-11(3)19(17-9)13-6-5-7-14(8-13)20-12(4)16-10(2)18-20;/h1-7,9-12H;5-7H,1-4H3;/q-2;-1;+3. The van der Waals surface area contributed by atoms with Crippen molar-refractivity contribution >= 4 is 0 Å². The van der Waals surface area contributed by atoms with Gasteiger partial charge in [0.2, 0.25) is 0 Å². The minimum Gasteiger partial charge on any atom is -0.295 e. The van der Waals surface area contributed by atoms with Gasteiger partial charge in [-0.25, -0.2) is 24.9 Å². The van der Waals surface area contributed by atoms with Crippen molar-refractivity contribution in [2.24, 2.45) is 0 Å². The molecule has 6 rings (SSSR count). The summed E-state index contributed by atoms with van der Waals surface area (Å²) in [7, 11) is 0. The molecule has 194 valence electrons. The van der Waals surface area contributed by atoms with Gasteiger partial charge in [-0.05, 0) is 45.1 Å². The van der Waals surface area contributed by atoms with Crippen molar-refractivity contribution in [2.75, 3.05) is 0 Å². The number of aryl methyl sites for hydroxylation is 4. The average Bonchev–Trinajstić information content (AvgIpc) is 3.49. The van der Waals surface area contributed by atoms with Gasteiger partial charge in [-0.1, -0.05) is 12.1 Å². The number of pyridine rings is 1. The Morgan fingerprint density at radius 2 is 1.18 bits per heavy atom. The fourth-order valence-corrected chi connectivity index (χ4v) is 4.05. The van der Waals surface area contributed by atoms with Gasteiger partial charge in [0.1, 0.15) is 23.3 Å². The maximum Gasteiger partial charge on any atom is 3.00 e. The van der Waals surface area contributed by atoms with E-state index in [1.807, 2.05) is 107 Å². The van der Waals surface area contributed by atoms with Gasteiger partial charge in [0.05, 0.1) is 0 Å². The molecule has 0 spiro atoms. The van der Waals surface area contributed by atoms with Crippen LogP contribution >= 0.6 is 0 Å². The van der Waals surface area contributed by atoms with Crippen molar-refractivity contribution in [1.82, 2.24) is 34.5 Å². The number of hydrogen-bond acceptors (Lipinski definition) is 5. The number of hydrogen-bond donors (Lipinski definition) is 0. The van der Waals surface area contributed by atoms with E-state index in [0.29, 0.717) is 0 Å². The van der Waals surface area contributed by atoms with E-state index in [-0.39, 0.29) is 20.1 Å².